The molecule has 0 aromatic heterocycles. The van der Waals surface area contributed by atoms with Crippen LogP contribution in [0.3, 0.4) is 0 Å². The van der Waals surface area contributed by atoms with Gasteiger partial charge in [-0.05, 0) is 34.9 Å². The quantitative estimate of drug-likeness (QED) is 0.849. The molecule has 1 N–H and O–H groups in total. The van der Waals surface area contributed by atoms with Crippen molar-refractivity contribution in [1.82, 2.24) is 0 Å². The lowest BCUT2D eigenvalue weighted by atomic mass is 9.97. The lowest BCUT2D eigenvalue weighted by Crippen LogP contribution is -1.89. The minimum atomic E-state index is -1.01. The number of carboxylic acids is 1. The van der Waals surface area contributed by atoms with Gasteiger partial charge in [0.2, 0.25) is 0 Å². The molecule has 0 bridgehead atoms. The molecule has 19 heavy (non-hydrogen) atoms. The Balaban J connectivity index is 2.55. The van der Waals surface area contributed by atoms with Crippen molar-refractivity contribution in [1.29, 1.82) is 5.26 Å². The summed E-state index contributed by atoms with van der Waals surface area (Å²) in [5.41, 5.74) is 3.10. The molecule has 2 rings (SSSR count). The molecule has 0 spiro atoms. The first kappa shape index (κ1) is 12.6. The molecule has 0 heterocycles. The highest BCUT2D eigenvalue weighted by atomic mass is 16.4. The fourth-order valence-electron chi connectivity index (χ4n) is 1.81. The molecule has 2 aromatic rings. The molecular weight excluding hydrogens is 238 g/mol. The summed E-state index contributed by atoms with van der Waals surface area (Å²) < 4.78 is 0. The van der Waals surface area contributed by atoms with E-state index in [2.05, 4.69) is 6.07 Å². The summed E-state index contributed by atoms with van der Waals surface area (Å²) in [6.07, 6.45) is 2.58. The summed E-state index contributed by atoms with van der Waals surface area (Å²) in [5.74, 6) is -1.01. The molecular formula is C16H11NO2. The van der Waals surface area contributed by atoms with E-state index in [0.717, 1.165) is 17.2 Å². The Morgan fingerprint density at radius 3 is 2.53 bits per heavy atom. The van der Waals surface area contributed by atoms with Crippen molar-refractivity contribution in [2.75, 3.05) is 0 Å². The van der Waals surface area contributed by atoms with E-state index < -0.39 is 5.97 Å². The first-order chi connectivity index (χ1) is 9.20. The largest absolute Gasteiger partial charge is 0.478 e. The third kappa shape index (κ3) is 3.08. The Morgan fingerprint density at radius 1 is 1.16 bits per heavy atom. The molecule has 2 aromatic carbocycles. The molecule has 0 aliphatic heterocycles. The van der Waals surface area contributed by atoms with E-state index in [1.807, 2.05) is 36.4 Å². The highest BCUT2D eigenvalue weighted by Gasteiger charge is 2.04. The van der Waals surface area contributed by atoms with Crippen molar-refractivity contribution >= 4 is 12.0 Å². The summed E-state index contributed by atoms with van der Waals surface area (Å²) in [4.78, 5) is 10.6. The standard InChI is InChI=1S/C16H11NO2/c17-11-12-6-8-15(13-4-2-1-3-5-13)14(10-12)7-9-16(18)19/h1-10H,(H,18,19). The number of nitrogens with zero attached hydrogens (tertiary/aromatic N) is 1. The van der Waals surface area contributed by atoms with Crippen molar-refractivity contribution < 1.29 is 9.90 Å². The van der Waals surface area contributed by atoms with Crippen LogP contribution >= 0.6 is 0 Å². The fraction of sp³-hybridized carbons (Fsp3) is 0. The van der Waals surface area contributed by atoms with E-state index in [9.17, 15) is 4.79 Å². The molecule has 0 radical (unpaired) electrons. The number of hydrogen-bond acceptors (Lipinski definition) is 2. The zero-order valence-electron chi connectivity index (χ0n) is 10.1. The van der Waals surface area contributed by atoms with Crippen molar-refractivity contribution in [3.63, 3.8) is 0 Å². The number of rotatable bonds is 3. The Labute approximate surface area is 111 Å². The Kier molecular flexibility index (Phi) is 3.75. The number of carboxylic acid groups (broad SMARTS) is 1. The summed E-state index contributed by atoms with van der Waals surface area (Å²) in [6.45, 7) is 0. The van der Waals surface area contributed by atoms with Gasteiger partial charge in [-0.2, -0.15) is 5.26 Å². The molecule has 0 aliphatic rings. The predicted molar refractivity (Wildman–Crippen MR) is 73.3 cm³/mol. The second-order valence-electron chi connectivity index (χ2n) is 3.95. The van der Waals surface area contributed by atoms with Crippen LogP contribution in [0.25, 0.3) is 17.2 Å². The highest BCUT2D eigenvalue weighted by molar-refractivity contribution is 5.88. The Morgan fingerprint density at radius 2 is 1.89 bits per heavy atom. The van der Waals surface area contributed by atoms with Gasteiger partial charge in [0.05, 0.1) is 11.6 Å². The summed E-state index contributed by atoms with van der Waals surface area (Å²) in [6, 6.07) is 16.9. The number of aliphatic carboxylic acids is 1. The average molecular weight is 249 g/mol. The van der Waals surface area contributed by atoms with E-state index in [4.69, 9.17) is 10.4 Å². The van der Waals surface area contributed by atoms with Gasteiger partial charge in [0.25, 0.3) is 0 Å². The zero-order chi connectivity index (χ0) is 13.7. The molecule has 0 amide bonds. The van der Waals surface area contributed by atoms with Gasteiger partial charge in [-0.1, -0.05) is 36.4 Å². The maximum atomic E-state index is 10.6. The maximum Gasteiger partial charge on any atom is 0.328 e. The Bertz CT molecular complexity index is 667. The van der Waals surface area contributed by atoms with Crippen LogP contribution in [0.1, 0.15) is 11.1 Å². The van der Waals surface area contributed by atoms with E-state index in [1.165, 1.54) is 6.08 Å². The molecule has 3 heteroatoms. The highest BCUT2D eigenvalue weighted by Crippen LogP contribution is 2.25. The molecule has 3 nitrogen and oxygen atoms in total. The van der Waals surface area contributed by atoms with Crippen LogP contribution in [-0.4, -0.2) is 11.1 Å². The first-order valence-corrected chi connectivity index (χ1v) is 5.71. The predicted octanol–water partition coefficient (Wildman–Crippen LogP) is 3.32. The van der Waals surface area contributed by atoms with Crippen LogP contribution in [0, 0.1) is 11.3 Å². The SMILES string of the molecule is N#Cc1ccc(-c2ccccc2)c(C=CC(=O)O)c1. The van der Waals surface area contributed by atoms with Crippen molar-refractivity contribution in [2.24, 2.45) is 0 Å². The molecule has 0 saturated carbocycles. The maximum absolute atomic E-state index is 10.6. The first-order valence-electron chi connectivity index (χ1n) is 5.71. The minimum Gasteiger partial charge on any atom is -0.478 e. The molecule has 92 valence electrons. The van der Waals surface area contributed by atoms with Crippen LogP contribution < -0.4 is 0 Å². The number of hydrogen-bond donors (Lipinski definition) is 1. The third-order valence-corrected chi connectivity index (χ3v) is 2.67. The normalized spacial score (nSPS) is 10.3. The smallest absolute Gasteiger partial charge is 0.328 e. The van der Waals surface area contributed by atoms with Gasteiger partial charge < -0.3 is 5.11 Å². The van der Waals surface area contributed by atoms with Crippen molar-refractivity contribution in [3.05, 3.63) is 65.7 Å². The van der Waals surface area contributed by atoms with Gasteiger partial charge in [-0.15, -0.1) is 0 Å². The van der Waals surface area contributed by atoms with Gasteiger partial charge in [-0.25, -0.2) is 4.79 Å². The van der Waals surface area contributed by atoms with Crippen molar-refractivity contribution in [2.45, 2.75) is 0 Å². The number of benzene rings is 2. The van der Waals surface area contributed by atoms with E-state index in [0.29, 0.717) is 11.1 Å². The number of nitriles is 1. The van der Waals surface area contributed by atoms with Gasteiger partial charge in [0, 0.05) is 6.08 Å². The molecule has 0 atom stereocenters. The molecule has 0 saturated heterocycles. The third-order valence-electron chi connectivity index (χ3n) is 2.67. The van der Waals surface area contributed by atoms with E-state index >= 15 is 0 Å². The molecule has 0 fully saturated rings. The van der Waals surface area contributed by atoms with Crippen LogP contribution in [0.15, 0.2) is 54.6 Å². The lowest BCUT2D eigenvalue weighted by Gasteiger charge is -2.06. The Hall–Kier alpha value is -2.86. The summed E-state index contributed by atoms with van der Waals surface area (Å²) in [5, 5.41) is 17.6. The van der Waals surface area contributed by atoms with E-state index in [1.54, 1.807) is 12.1 Å². The zero-order valence-corrected chi connectivity index (χ0v) is 10.1. The topological polar surface area (TPSA) is 61.1 Å². The van der Waals surface area contributed by atoms with Crippen LogP contribution in [0.5, 0.6) is 0 Å². The summed E-state index contributed by atoms with van der Waals surface area (Å²) in [7, 11) is 0. The summed E-state index contributed by atoms with van der Waals surface area (Å²) >= 11 is 0. The van der Waals surface area contributed by atoms with Gasteiger partial charge in [0.1, 0.15) is 0 Å². The average Bonchev–Trinajstić information content (AvgIpc) is 2.45. The van der Waals surface area contributed by atoms with Crippen LogP contribution in [-0.2, 0) is 4.79 Å². The minimum absolute atomic E-state index is 0.504. The van der Waals surface area contributed by atoms with Crippen molar-refractivity contribution in [3.8, 4) is 17.2 Å². The lowest BCUT2D eigenvalue weighted by molar-refractivity contribution is -0.131. The van der Waals surface area contributed by atoms with Crippen LogP contribution in [0.4, 0.5) is 0 Å². The van der Waals surface area contributed by atoms with E-state index in [-0.39, 0.29) is 0 Å². The van der Waals surface area contributed by atoms with Gasteiger partial charge in [-0.3, -0.25) is 0 Å². The van der Waals surface area contributed by atoms with Gasteiger partial charge >= 0.3 is 5.97 Å². The number of carbonyl (C=O) groups is 1. The molecule has 0 unspecified atom stereocenters. The second-order valence-corrected chi connectivity index (χ2v) is 3.95. The monoisotopic (exact) mass is 249 g/mol. The fourth-order valence-corrected chi connectivity index (χ4v) is 1.81. The molecule has 0 aliphatic carbocycles. The van der Waals surface area contributed by atoms with Gasteiger partial charge in [0.15, 0.2) is 0 Å². The van der Waals surface area contributed by atoms with Crippen LogP contribution in [0.2, 0.25) is 0 Å². The second kappa shape index (κ2) is 5.65.